The summed E-state index contributed by atoms with van der Waals surface area (Å²) in [5.74, 6) is 2.50. The Hall–Kier alpha value is -1.12. The summed E-state index contributed by atoms with van der Waals surface area (Å²) in [5, 5.41) is 0. The van der Waals surface area contributed by atoms with Gasteiger partial charge in [0.1, 0.15) is 0 Å². The molecule has 0 aromatic heterocycles. The first-order chi connectivity index (χ1) is 11.4. The molecule has 0 aromatic carbocycles. The van der Waals surface area contributed by atoms with E-state index in [4.69, 9.17) is 4.74 Å². The van der Waals surface area contributed by atoms with Gasteiger partial charge >= 0.3 is 5.97 Å². The normalized spacial score (nSPS) is 47.4. The summed E-state index contributed by atoms with van der Waals surface area (Å²) in [6.07, 6.45) is 9.15. The minimum absolute atomic E-state index is 0.0338. The molecule has 0 radical (unpaired) electrons. The number of ether oxygens (including phenoxy) is 1. The molecule has 2 saturated carbocycles. The maximum atomic E-state index is 12.4. The monoisotopic (exact) mass is 330 g/mol. The molecule has 0 spiro atoms. The summed E-state index contributed by atoms with van der Waals surface area (Å²) in [5.41, 5.74) is 1.30. The summed E-state index contributed by atoms with van der Waals surface area (Å²) in [4.78, 5) is 24.4. The lowest BCUT2D eigenvalue weighted by Crippen LogP contribution is -2.54. The number of carbonyl (C=O) groups is 2. The molecule has 3 heteroatoms. The van der Waals surface area contributed by atoms with Crippen molar-refractivity contribution in [2.75, 3.05) is 6.61 Å². The van der Waals surface area contributed by atoms with Gasteiger partial charge in [-0.15, -0.1) is 0 Å². The molecule has 132 valence electrons. The number of esters is 1. The first-order valence-corrected chi connectivity index (χ1v) is 9.81. The second-order valence-electron chi connectivity index (χ2n) is 9.15. The topological polar surface area (TPSA) is 43.4 Å². The van der Waals surface area contributed by atoms with Crippen molar-refractivity contribution < 1.29 is 14.3 Å². The van der Waals surface area contributed by atoms with Gasteiger partial charge in [-0.3, -0.25) is 9.59 Å². The number of fused-ring (bicyclic) bond motifs is 5. The Morgan fingerprint density at radius 1 is 1.17 bits per heavy atom. The van der Waals surface area contributed by atoms with Crippen LogP contribution in [0.25, 0.3) is 0 Å². The Kier molecular flexibility index (Phi) is 3.71. The summed E-state index contributed by atoms with van der Waals surface area (Å²) in [7, 11) is 0. The molecule has 6 atom stereocenters. The second-order valence-corrected chi connectivity index (χ2v) is 9.15. The van der Waals surface area contributed by atoms with Gasteiger partial charge in [-0.2, -0.15) is 0 Å². The molecule has 3 aliphatic carbocycles. The van der Waals surface area contributed by atoms with Crippen LogP contribution in [0.5, 0.6) is 0 Å². The van der Waals surface area contributed by atoms with Crippen LogP contribution in [0.15, 0.2) is 11.6 Å². The number of carbonyl (C=O) groups excluding carboxylic acids is 2. The third-order valence-corrected chi connectivity index (χ3v) is 8.05. The highest BCUT2D eigenvalue weighted by molar-refractivity contribution is 5.91. The number of allylic oxidation sites excluding steroid dienone is 2. The zero-order valence-electron chi connectivity index (χ0n) is 15.3. The third kappa shape index (κ3) is 2.09. The van der Waals surface area contributed by atoms with Crippen LogP contribution in [0, 0.1) is 34.5 Å². The zero-order valence-corrected chi connectivity index (χ0v) is 15.3. The van der Waals surface area contributed by atoms with Crippen LogP contribution < -0.4 is 0 Å². The largest absolute Gasteiger partial charge is 0.465 e. The van der Waals surface area contributed by atoms with E-state index in [2.05, 4.69) is 20.8 Å². The smallest absolute Gasteiger partial charge is 0.312 e. The number of hydrogen-bond donors (Lipinski definition) is 0. The molecule has 0 N–H and O–H groups in total. The molecule has 0 aromatic rings. The number of rotatable bonds is 2. The third-order valence-electron chi connectivity index (χ3n) is 8.05. The van der Waals surface area contributed by atoms with Crippen molar-refractivity contribution in [1.29, 1.82) is 0 Å². The Bertz CT molecular complexity index is 606. The van der Waals surface area contributed by atoms with Crippen LogP contribution in [0.3, 0.4) is 0 Å². The van der Waals surface area contributed by atoms with E-state index in [1.165, 1.54) is 18.4 Å². The predicted molar refractivity (Wildman–Crippen MR) is 92.2 cm³/mol. The van der Waals surface area contributed by atoms with Crippen LogP contribution in [0.4, 0.5) is 0 Å². The molecule has 4 aliphatic rings. The first kappa shape index (κ1) is 16.4. The van der Waals surface area contributed by atoms with Gasteiger partial charge in [0.25, 0.3) is 0 Å². The summed E-state index contributed by atoms with van der Waals surface area (Å²) < 4.78 is 5.56. The molecule has 0 bridgehead atoms. The van der Waals surface area contributed by atoms with Gasteiger partial charge in [-0.1, -0.05) is 32.3 Å². The molecule has 1 heterocycles. The summed E-state index contributed by atoms with van der Waals surface area (Å²) in [6.45, 7) is 7.40. The fourth-order valence-corrected chi connectivity index (χ4v) is 6.59. The van der Waals surface area contributed by atoms with Crippen molar-refractivity contribution in [2.24, 2.45) is 34.5 Å². The van der Waals surface area contributed by atoms with E-state index in [-0.39, 0.29) is 16.8 Å². The Labute approximate surface area is 145 Å². The minimum Gasteiger partial charge on any atom is -0.465 e. The van der Waals surface area contributed by atoms with E-state index in [0.29, 0.717) is 42.5 Å². The van der Waals surface area contributed by atoms with Crippen molar-refractivity contribution in [3.8, 4) is 0 Å². The predicted octanol–water partition coefficient (Wildman–Crippen LogP) is 4.31. The van der Waals surface area contributed by atoms with Gasteiger partial charge in [-0.25, -0.2) is 0 Å². The van der Waals surface area contributed by atoms with Crippen LogP contribution in [0.1, 0.15) is 65.7 Å². The standard InChI is InChI=1S/C21H30O3/c1-4-5-13-10-14-11-15(22)6-8-20(14,2)16-7-9-21(3)17(18(13)16)12-24-19(21)23/h11,13,16-18H,4-10,12H2,1-3H3/t13-,16?,17?,18?,20+,21+/m1/s1. The summed E-state index contributed by atoms with van der Waals surface area (Å²) in [6, 6.07) is 0. The summed E-state index contributed by atoms with van der Waals surface area (Å²) >= 11 is 0. The minimum atomic E-state index is -0.269. The van der Waals surface area contributed by atoms with E-state index in [1.807, 2.05) is 6.08 Å². The van der Waals surface area contributed by atoms with Crippen LogP contribution in [-0.4, -0.2) is 18.4 Å². The van der Waals surface area contributed by atoms with Crippen molar-refractivity contribution >= 4 is 11.8 Å². The average molecular weight is 330 g/mol. The lowest BCUT2D eigenvalue weighted by atomic mass is 9.44. The highest BCUT2D eigenvalue weighted by Gasteiger charge is 2.62. The molecule has 0 amide bonds. The Morgan fingerprint density at radius 2 is 1.96 bits per heavy atom. The highest BCUT2D eigenvalue weighted by Crippen LogP contribution is 2.65. The molecular formula is C21H30O3. The molecule has 3 unspecified atom stereocenters. The fraction of sp³-hybridized carbons (Fsp3) is 0.810. The molecule has 3 nitrogen and oxygen atoms in total. The second kappa shape index (κ2) is 5.44. The molecule has 24 heavy (non-hydrogen) atoms. The molecule has 3 fully saturated rings. The highest BCUT2D eigenvalue weighted by atomic mass is 16.5. The molecule has 1 aliphatic heterocycles. The van der Waals surface area contributed by atoms with E-state index in [0.717, 1.165) is 25.7 Å². The fourth-order valence-electron chi connectivity index (χ4n) is 6.59. The quantitative estimate of drug-likeness (QED) is 0.709. The van der Waals surface area contributed by atoms with Crippen molar-refractivity contribution in [3.05, 3.63) is 11.6 Å². The number of ketones is 1. The average Bonchev–Trinajstić information content (AvgIpc) is 2.85. The van der Waals surface area contributed by atoms with E-state index in [9.17, 15) is 9.59 Å². The van der Waals surface area contributed by atoms with E-state index in [1.54, 1.807) is 0 Å². The lowest BCUT2D eigenvalue weighted by Gasteiger charge is -2.58. The van der Waals surface area contributed by atoms with Gasteiger partial charge in [0.15, 0.2) is 5.78 Å². The molecular weight excluding hydrogens is 300 g/mol. The van der Waals surface area contributed by atoms with Gasteiger partial charge in [0.2, 0.25) is 0 Å². The van der Waals surface area contributed by atoms with Crippen molar-refractivity contribution in [3.63, 3.8) is 0 Å². The maximum Gasteiger partial charge on any atom is 0.312 e. The van der Waals surface area contributed by atoms with Crippen LogP contribution >= 0.6 is 0 Å². The Morgan fingerprint density at radius 3 is 2.71 bits per heavy atom. The lowest BCUT2D eigenvalue weighted by molar-refractivity contribution is -0.149. The Balaban J connectivity index is 1.76. The van der Waals surface area contributed by atoms with Gasteiger partial charge < -0.3 is 4.74 Å². The zero-order chi connectivity index (χ0) is 17.1. The SMILES string of the molecule is CCC[C@@H]1CC2=CC(=O)CC[C@]2(C)C2CC[C@]3(C)C(=O)OCC3C21. The number of hydrogen-bond acceptors (Lipinski definition) is 3. The van der Waals surface area contributed by atoms with Gasteiger partial charge in [0, 0.05) is 12.3 Å². The van der Waals surface area contributed by atoms with Crippen LogP contribution in [0.2, 0.25) is 0 Å². The van der Waals surface area contributed by atoms with Crippen molar-refractivity contribution in [2.45, 2.75) is 65.7 Å². The first-order valence-electron chi connectivity index (χ1n) is 9.81. The van der Waals surface area contributed by atoms with Gasteiger partial charge in [0.05, 0.1) is 12.0 Å². The van der Waals surface area contributed by atoms with Gasteiger partial charge in [-0.05, 0) is 61.9 Å². The van der Waals surface area contributed by atoms with E-state index >= 15 is 0 Å². The molecule has 1 saturated heterocycles. The van der Waals surface area contributed by atoms with E-state index < -0.39 is 0 Å². The van der Waals surface area contributed by atoms with Crippen LogP contribution in [-0.2, 0) is 14.3 Å². The number of cyclic esters (lactones) is 1. The molecule has 4 rings (SSSR count). The van der Waals surface area contributed by atoms with Crippen molar-refractivity contribution in [1.82, 2.24) is 0 Å². The maximum absolute atomic E-state index is 12.4.